The van der Waals surface area contributed by atoms with Gasteiger partial charge in [-0.05, 0) is 57.6 Å². The van der Waals surface area contributed by atoms with Crippen molar-refractivity contribution in [3.8, 4) is 17.1 Å². The summed E-state index contributed by atoms with van der Waals surface area (Å²) < 4.78 is 44.2. The molecular formula is C34H45N5O9S. The molecule has 3 heterocycles. The third-order valence-corrected chi connectivity index (χ3v) is 10.5. The molecule has 4 amide bonds. The van der Waals surface area contributed by atoms with Crippen molar-refractivity contribution in [2.45, 2.75) is 102 Å². The maximum absolute atomic E-state index is 14.3. The summed E-state index contributed by atoms with van der Waals surface area (Å²) in [6.45, 7) is 14.1. The average molecular weight is 700 g/mol. The van der Waals surface area contributed by atoms with Crippen molar-refractivity contribution < 1.29 is 41.5 Å². The zero-order valence-electron chi connectivity index (χ0n) is 28.6. The number of hydrogen-bond acceptors (Lipinski definition) is 10. The fourth-order valence-corrected chi connectivity index (χ4v) is 7.22. The van der Waals surface area contributed by atoms with Crippen LogP contribution in [0.15, 0.2) is 53.9 Å². The Hall–Kier alpha value is -4.40. The maximum atomic E-state index is 14.3. The average Bonchev–Trinajstić information content (AvgIpc) is 3.87. The molecule has 3 N–H and O–H groups in total. The zero-order chi connectivity index (χ0) is 35.9. The van der Waals surface area contributed by atoms with Gasteiger partial charge in [0.1, 0.15) is 29.3 Å². The molecule has 2 aromatic rings. The van der Waals surface area contributed by atoms with E-state index < -0.39 is 79.7 Å². The van der Waals surface area contributed by atoms with Crippen molar-refractivity contribution >= 4 is 33.8 Å². The number of alkyl carbamates (subject to hydrolysis) is 1. The van der Waals surface area contributed by atoms with Crippen molar-refractivity contribution in [3.63, 3.8) is 0 Å². The molecule has 266 valence electrons. The highest BCUT2D eigenvalue weighted by atomic mass is 32.2. The van der Waals surface area contributed by atoms with Crippen LogP contribution < -0.4 is 20.1 Å². The molecule has 0 spiro atoms. The van der Waals surface area contributed by atoms with Crippen LogP contribution in [0.4, 0.5) is 4.79 Å². The molecule has 14 nitrogen and oxygen atoms in total. The van der Waals surface area contributed by atoms with Gasteiger partial charge < -0.3 is 29.4 Å². The summed E-state index contributed by atoms with van der Waals surface area (Å²) in [7, 11) is -3.89. The number of hydrogen-bond donors (Lipinski definition) is 3. The second-order valence-electron chi connectivity index (χ2n) is 15.0. The molecule has 1 saturated heterocycles. The molecule has 5 atom stereocenters. The molecule has 0 aromatic carbocycles. The van der Waals surface area contributed by atoms with Crippen molar-refractivity contribution in [3.05, 3.63) is 49.4 Å². The van der Waals surface area contributed by atoms with Crippen molar-refractivity contribution in [2.75, 3.05) is 6.54 Å². The number of ether oxygens (including phenoxy) is 2. The van der Waals surface area contributed by atoms with Gasteiger partial charge in [-0.1, -0.05) is 32.9 Å². The van der Waals surface area contributed by atoms with Gasteiger partial charge >= 0.3 is 6.09 Å². The van der Waals surface area contributed by atoms with Crippen LogP contribution in [-0.4, -0.2) is 83.2 Å². The summed E-state index contributed by atoms with van der Waals surface area (Å²) in [6, 6.07) is 4.70. The van der Waals surface area contributed by atoms with Gasteiger partial charge in [0.25, 0.3) is 5.91 Å². The molecule has 2 saturated carbocycles. The number of furan rings is 1. The van der Waals surface area contributed by atoms with E-state index in [0.717, 1.165) is 5.56 Å². The minimum absolute atomic E-state index is 0.0231. The molecule has 3 aliphatic rings. The summed E-state index contributed by atoms with van der Waals surface area (Å²) in [5, 5.41) is 4.81. The predicted molar refractivity (Wildman–Crippen MR) is 178 cm³/mol. The van der Waals surface area contributed by atoms with Gasteiger partial charge in [-0.15, -0.1) is 6.58 Å². The zero-order valence-corrected chi connectivity index (χ0v) is 29.5. The van der Waals surface area contributed by atoms with Gasteiger partial charge in [-0.2, -0.15) is 0 Å². The van der Waals surface area contributed by atoms with E-state index in [9.17, 15) is 27.6 Å². The van der Waals surface area contributed by atoms with Gasteiger partial charge in [-0.3, -0.25) is 19.1 Å². The van der Waals surface area contributed by atoms with E-state index in [1.54, 1.807) is 72.1 Å². The molecular weight excluding hydrogens is 654 g/mol. The Kier molecular flexibility index (Phi) is 9.63. The Labute approximate surface area is 286 Å². The van der Waals surface area contributed by atoms with Gasteiger partial charge in [0, 0.05) is 24.0 Å². The molecule has 2 aromatic heterocycles. The van der Waals surface area contributed by atoms with Gasteiger partial charge in [-0.25, -0.2) is 18.2 Å². The second kappa shape index (κ2) is 13.1. The van der Waals surface area contributed by atoms with Gasteiger partial charge in [0.2, 0.25) is 27.7 Å². The molecule has 0 bridgehead atoms. The Bertz CT molecular complexity index is 1710. The van der Waals surface area contributed by atoms with E-state index in [1.165, 1.54) is 17.2 Å². The minimum atomic E-state index is -3.89. The molecule has 2 aliphatic carbocycles. The summed E-state index contributed by atoms with van der Waals surface area (Å²) in [5.74, 6) is -2.34. The first kappa shape index (κ1) is 35.9. The van der Waals surface area contributed by atoms with Crippen LogP contribution in [0.25, 0.3) is 11.3 Å². The van der Waals surface area contributed by atoms with Crippen LogP contribution in [0.3, 0.4) is 0 Å². The Morgan fingerprint density at radius 2 is 1.84 bits per heavy atom. The lowest BCUT2D eigenvalue weighted by Crippen LogP contribution is -2.60. The Balaban J connectivity index is 1.41. The van der Waals surface area contributed by atoms with E-state index in [-0.39, 0.29) is 25.3 Å². The molecule has 1 aliphatic heterocycles. The molecule has 49 heavy (non-hydrogen) atoms. The number of likely N-dealkylation sites (tertiary alicyclic amines) is 1. The lowest BCUT2D eigenvalue weighted by molar-refractivity contribution is -0.143. The fourth-order valence-electron chi connectivity index (χ4n) is 5.86. The van der Waals surface area contributed by atoms with E-state index in [4.69, 9.17) is 13.9 Å². The molecule has 3 fully saturated rings. The maximum Gasteiger partial charge on any atom is 0.408 e. The van der Waals surface area contributed by atoms with E-state index in [2.05, 4.69) is 26.9 Å². The molecule has 5 unspecified atom stereocenters. The topological polar surface area (TPSA) is 186 Å². The second-order valence-corrected chi connectivity index (χ2v) is 16.9. The summed E-state index contributed by atoms with van der Waals surface area (Å²) in [5.41, 5.74) is -1.85. The lowest BCUT2D eigenvalue weighted by atomic mass is 9.85. The third-order valence-electron chi connectivity index (χ3n) is 8.70. The highest BCUT2D eigenvalue weighted by Crippen LogP contribution is 2.45. The highest BCUT2D eigenvalue weighted by Gasteiger charge is 2.62. The number of aromatic nitrogens is 1. The number of pyridine rings is 1. The standard InChI is InChI=1S/C34H45N5O9S/c1-8-21-17-34(21,30(42)38-49(44,45)23-12-13-23)37-28(40)25-16-22(47-26-11-9-10-24(35-26)20-14-15-46-19-20)18-39(25)29(41)27(32(2,3)4)36-31(43)48-33(5,6)7/h8-11,14-15,19,21-23,25,27H,1,12-13,16-18H2,2-7H3,(H,36,43)(H,37,40)(H,38,42). The van der Waals surface area contributed by atoms with Crippen LogP contribution in [0.5, 0.6) is 5.88 Å². The van der Waals surface area contributed by atoms with E-state index in [1.807, 2.05) is 0 Å². The number of nitrogens with zero attached hydrogens (tertiary/aromatic N) is 2. The summed E-state index contributed by atoms with van der Waals surface area (Å²) in [4.78, 5) is 60.6. The molecule has 5 rings (SSSR count). The number of nitrogens with one attached hydrogen (secondary N) is 3. The van der Waals surface area contributed by atoms with Gasteiger partial charge in [0.15, 0.2) is 0 Å². The monoisotopic (exact) mass is 699 g/mol. The quantitative estimate of drug-likeness (QED) is 0.294. The van der Waals surface area contributed by atoms with Crippen LogP contribution in [0.1, 0.15) is 67.2 Å². The Morgan fingerprint density at radius 3 is 2.41 bits per heavy atom. The fraction of sp³-hybridized carbons (Fsp3) is 0.559. The number of carbonyl (C=O) groups is 4. The molecule has 0 radical (unpaired) electrons. The third kappa shape index (κ3) is 8.26. The lowest BCUT2D eigenvalue weighted by Gasteiger charge is -2.36. The van der Waals surface area contributed by atoms with Crippen LogP contribution >= 0.6 is 0 Å². The SMILES string of the molecule is C=CC1CC1(NC(=O)C1CC(Oc2cccc(-c3ccoc3)n2)CN1C(=O)C(NC(=O)OC(C)(C)C)C(C)(C)C)C(=O)NS(=O)(=O)C1CC1. The first-order valence-corrected chi connectivity index (χ1v) is 17.8. The van der Waals surface area contributed by atoms with E-state index in [0.29, 0.717) is 18.5 Å². The first-order valence-electron chi connectivity index (χ1n) is 16.3. The number of sulfonamides is 1. The van der Waals surface area contributed by atoms with Gasteiger partial charge in [0.05, 0.1) is 30.0 Å². The number of carbonyl (C=O) groups excluding carboxylic acids is 4. The predicted octanol–water partition coefficient (Wildman–Crippen LogP) is 3.30. The first-order chi connectivity index (χ1) is 22.8. The largest absolute Gasteiger partial charge is 0.472 e. The van der Waals surface area contributed by atoms with E-state index >= 15 is 0 Å². The van der Waals surface area contributed by atoms with Crippen molar-refractivity contribution in [1.29, 1.82) is 0 Å². The van der Waals surface area contributed by atoms with Crippen molar-refractivity contribution in [2.24, 2.45) is 11.3 Å². The summed E-state index contributed by atoms with van der Waals surface area (Å²) in [6.07, 6.45) is 4.14. The van der Waals surface area contributed by atoms with Crippen molar-refractivity contribution in [1.82, 2.24) is 25.2 Å². The number of amides is 4. The molecule has 15 heteroatoms. The summed E-state index contributed by atoms with van der Waals surface area (Å²) >= 11 is 0. The van der Waals surface area contributed by atoms with Crippen LogP contribution in [0.2, 0.25) is 0 Å². The Morgan fingerprint density at radius 1 is 1.12 bits per heavy atom. The normalized spacial score (nSPS) is 24.4. The van der Waals surface area contributed by atoms with Crippen LogP contribution in [-0.2, 0) is 29.1 Å². The highest BCUT2D eigenvalue weighted by molar-refractivity contribution is 7.91. The minimum Gasteiger partial charge on any atom is -0.472 e. The number of rotatable bonds is 11. The van der Waals surface area contributed by atoms with Crippen LogP contribution in [0, 0.1) is 11.3 Å². The smallest absolute Gasteiger partial charge is 0.408 e.